The normalized spacial score (nSPS) is 10.9. The molecule has 5 nitrogen and oxygen atoms in total. The highest BCUT2D eigenvalue weighted by Gasteiger charge is 2.19. The Kier molecular flexibility index (Phi) is 6.84. The van der Waals surface area contributed by atoms with E-state index in [0.29, 0.717) is 12.3 Å². The van der Waals surface area contributed by atoms with Crippen LogP contribution in [0.4, 0.5) is 0 Å². The molecule has 0 fully saturated rings. The minimum Gasteiger partial charge on any atom is -0.355 e. The lowest BCUT2D eigenvalue weighted by molar-refractivity contribution is -0.118. The van der Waals surface area contributed by atoms with E-state index in [9.17, 15) is 4.79 Å². The highest BCUT2D eigenvalue weighted by molar-refractivity contribution is 7.99. The van der Waals surface area contributed by atoms with Crippen molar-refractivity contribution in [3.63, 3.8) is 0 Å². The Morgan fingerprint density at radius 1 is 1.06 bits per heavy atom. The average Bonchev–Trinajstić information content (AvgIpc) is 3.35. The summed E-state index contributed by atoms with van der Waals surface area (Å²) in [6, 6.07) is 20.5. The molecule has 0 aliphatic carbocycles. The minimum atomic E-state index is 0.00170. The van der Waals surface area contributed by atoms with E-state index in [4.69, 9.17) is 0 Å². The fourth-order valence-corrected chi connectivity index (χ4v) is 5.03. The highest BCUT2D eigenvalue weighted by Crippen LogP contribution is 2.38. The van der Waals surface area contributed by atoms with Gasteiger partial charge in [-0.3, -0.25) is 4.79 Å². The zero-order chi connectivity index (χ0) is 21.6. The summed E-state index contributed by atoms with van der Waals surface area (Å²) < 4.78 is 1.97. The highest BCUT2D eigenvalue weighted by atomic mass is 32.2. The first-order valence-corrected chi connectivity index (χ1v) is 12.0. The van der Waals surface area contributed by atoms with E-state index in [1.807, 2.05) is 48.0 Å². The second-order valence-corrected chi connectivity index (χ2v) is 9.21. The number of thiophene rings is 1. The van der Waals surface area contributed by atoms with Crippen LogP contribution < -0.4 is 5.32 Å². The van der Waals surface area contributed by atoms with Crippen LogP contribution in [0.2, 0.25) is 0 Å². The fraction of sp³-hybridized carbons (Fsp3) is 0.208. The van der Waals surface area contributed by atoms with Crippen molar-refractivity contribution in [1.29, 1.82) is 0 Å². The number of carbonyl (C=O) groups excluding carboxylic acids is 1. The first-order chi connectivity index (χ1) is 15.1. The van der Waals surface area contributed by atoms with Crippen molar-refractivity contribution in [1.82, 2.24) is 20.1 Å². The van der Waals surface area contributed by atoms with Gasteiger partial charge in [0.05, 0.1) is 5.75 Å². The number of amides is 1. The SMILES string of the molecule is Cc1scc(-c2nnc(SCC(=O)NCCc3ccccc3)n2C)c1-c1ccccc1. The van der Waals surface area contributed by atoms with Crippen molar-refractivity contribution >= 4 is 29.0 Å². The summed E-state index contributed by atoms with van der Waals surface area (Å²) in [5, 5.41) is 14.6. The predicted octanol–water partition coefficient (Wildman–Crippen LogP) is 4.97. The molecule has 2 heterocycles. The second kappa shape index (κ2) is 9.94. The molecule has 31 heavy (non-hydrogen) atoms. The average molecular weight is 449 g/mol. The van der Waals surface area contributed by atoms with Crippen LogP contribution in [0.15, 0.2) is 71.2 Å². The lowest BCUT2D eigenvalue weighted by Crippen LogP contribution is -2.27. The smallest absolute Gasteiger partial charge is 0.230 e. The van der Waals surface area contributed by atoms with E-state index in [-0.39, 0.29) is 5.91 Å². The van der Waals surface area contributed by atoms with E-state index in [1.165, 1.54) is 33.3 Å². The Hall–Kier alpha value is -2.90. The number of aromatic nitrogens is 3. The lowest BCUT2D eigenvalue weighted by Gasteiger charge is -2.07. The summed E-state index contributed by atoms with van der Waals surface area (Å²) in [4.78, 5) is 13.5. The molecule has 0 unspecified atom stereocenters. The van der Waals surface area contributed by atoms with E-state index < -0.39 is 0 Å². The largest absolute Gasteiger partial charge is 0.355 e. The fourth-order valence-electron chi connectivity index (χ4n) is 3.43. The summed E-state index contributed by atoms with van der Waals surface area (Å²) in [6.07, 6.45) is 0.825. The molecule has 0 saturated carbocycles. The van der Waals surface area contributed by atoms with Crippen LogP contribution in [0.1, 0.15) is 10.4 Å². The topological polar surface area (TPSA) is 59.8 Å². The predicted molar refractivity (Wildman–Crippen MR) is 128 cm³/mol. The molecule has 0 aliphatic heterocycles. The molecule has 0 radical (unpaired) electrons. The summed E-state index contributed by atoms with van der Waals surface area (Å²) in [7, 11) is 1.95. The molecule has 4 aromatic rings. The van der Waals surface area contributed by atoms with Crippen LogP contribution in [0.3, 0.4) is 0 Å². The van der Waals surface area contributed by atoms with Gasteiger partial charge >= 0.3 is 0 Å². The monoisotopic (exact) mass is 448 g/mol. The van der Waals surface area contributed by atoms with Crippen LogP contribution in [0, 0.1) is 6.92 Å². The van der Waals surface area contributed by atoms with Crippen molar-refractivity contribution in [3.05, 3.63) is 76.5 Å². The first-order valence-electron chi connectivity index (χ1n) is 10.1. The van der Waals surface area contributed by atoms with Crippen molar-refractivity contribution < 1.29 is 4.79 Å². The molecule has 0 atom stereocenters. The van der Waals surface area contributed by atoms with Gasteiger partial charge in [-0.1, -0.05) is 72.4 Å². The number of carbonyl (C=O) groups is 1. The van der Waals surface area contributed by atoms with Gasteiger partial charge in [-0.15, -0.1) is 21.5 Å². The molecule has 2 aromatic carbocycles. The molecule has 1 amide bonds. The summed E-state index contributed by atoms with van der Waals surface area (Å²) in [5.41, 5.74) is 4.65. The second-order valence-electron chi connectivity index (χ2n) is 7.19. The van der Waals surface area contributed by atoms with Gasteiger partial charge in [0.1, 0.15) is 0 Å². The molecule has 4 rings (SSSR count). The van der Waals surface area contributed by atoms with Gasteiger partial charge in [-0.25, -0.2) is 0 Å². The van der Waals surface area contributed by atoms with Crippen LogP contribution in [-0.2, 0) is 18.3 Å². The molecule has 7 heteroatoms. The number of nitrogens with zero attached hydrogens (tertiary/aromatic N) is 3. The van der Waals surface area contributed by atoms with Gasteiger partial charge in [0.25, 0.3) is 0 Å². The van der Waals surface area contributed by atoms with Gasteiger partial charge in [0, 0.05) is 35.0 Å². The van der Waals surface area contributed by atoms with Crippen molar-refractivity contribution in [2.75, 3.05) is 12.3 Å². The van der Waals surface area contributed by atoms with E-state index in [2.05, 4.69) is 52.1 Å². The number of thioether (sulfide) groups is 1. The molecule has 0 bridgehead atoms. The Labute approximate surface area is 190 Å². The number of aryl methyl sites for hydroxylation is 1. The molecule has 2 aromatic heterocycles. The van der Waals surface area contributed by atoms with Gasteiger partial charge in [0.15, 0.2) is 11.0 Å². The van der Waals surface area contributed by atoms with Gasteiger partial charge in [-0.2, -0.15) is 0 Å². The number of hydrogen-bond acceptors (Lipinski definition) is 5. The summed E-state index contributed by atoms with van der Waals surface area (Å²) in [5.74, 6) is 1.13. The van der Waals surface area contributed by atoms with Crippen molar-refractivity contribution in [2.45, 2.75) is 18.5 Å². The van der Waals surface area contributed by atoms with E-state index in [0.717, 1.165) is 23.0 Å². The Bertz CT molecular complexity index is 1150. The third kappa shape index (κ3) is 5.06. The van der Waals surface area contributed by atoms with Crippen molar-refractivity contribution in [2.24, 2.45) is 7.05 Å². The first kappa shape index (κ1) is 21.3. The maximum atomic E-state index is 12.2. The van der Waals surface area contributed by atoms with E-state index in [1.54, 1.807) is 11.3 Å². The van der Waals surface area contributed by atoms with Crippen LogP contribution in [0.25, 0.3) is 22.5 Å². The van der Waals surface area contributed by atoms with Crippen LogP contribution in [0.5, 0.6) is 0 Å². The van der Waals surface area contributed by atoms with Gasteiger partial charge < -0.3 is 9.88 Å². The molecule has 158 valence electrons. The Balaban J connectivity index is 1.40. The number of nitrogens with one attached hydrogen (secondary N) is 1. The molecular formula is C24H24N4OS2. The number of benzene rings is 2. The lowest BCUT2D eigenvalue weighted by atomic mass is 10.0. The number of rotatable bonds is 8. The molecule has 0 saturated heterocycles. The third-order valence-electron chi connectivity index (χ3n) is 5.02. The van der Waals surface area contributed by atoms with Gasteiger partial charge in [0.2, 0.25) is 5.91 Å². The van der Waals surface area contributed by atoms with Gasteiger partial charge in [-0.05, 0) is 24.5 Å². The Morgan fingerprint density at radius 3 is 2.52 bits per heavy atom. The molecule has 1 N–H and O–H groups in total. The maximum Gasteiger partial charge on any atom is 0.230 e. The van der Waals surface area contributed by atoms with Crippen molar-refractivity contribution in [3.8, 4) is 22.5 Å². The third-order valence-corrected chi connectivity index (χ3v) is 6.96. The van der Waals surface area contributed by atoms with Crippen LogP contribution >= 0.6 is 23.1 Å². The standard InChI is InChI=1S/C24H24N4OS2/c1-17-22(19-11-7-4-8-12-19)20(15-30-17)23-26-27-24(28(23)2)31-16-21(29)25-14-13-18-9-5-3-6-10-18/h3-12,15H,13-14,16H2,1-2H3,(H,25,29). The quantitative estimate of drug-likeness (QED) is 0.387. The summed E-state index contributed by atoms with van der Waals surface area (Å²) in [6.45, 7) is 2.75. The minimum absolute atomic E-state index is 0.00170. The molecular weight excluding hydrogens is 424 g/mol. The number of hydrogen-bond donors (Lipinski definition) is 1. The summed E-state index contributed by atoms with van der Waals surface area (Å²) >= 11 is 3.12. The molecule has 0 spiro atoms. The zero-order valence-electron chi connectivity index (χ0n) is 17.5. The Morgan fingerprint density at radius 2 is 1.77 bits per heavy atom. The molecule has 0 aliphatic rings. The van der Waals surface area contributed by atoms with Crippen LogP contribution in [-0.4, -0.2) is 33.0 Å². The van der Waals surface area contributed by atoms with E-state index >= 15 is 0 Å². The maximum absolute atomic E-state index is 12.2. The zero-order valence-corrected chi connectivity index (χ0v) is 19.2.